The molecule has 2 aromatic heterocycles. The zero-order valence-corrected chi connectivity index (χ0v) is 15.7. The number of aromatic nitrogens is 4. The summed E-state index contributed by atoms with van der Waals surface area (Å²) in [5.74, 6) is 1.62. The van der Waals surface area contributed by atoms with E-state index in [9.17, 15) is 8.78 Å². The van der Waals surface area contributed by atoms with E-state index in [0.717, 1.165) is 17.9 Å². The van der Waals surface area contributed by atoms with E-state index in [1.807, 2.05) is 0 Å². The van der Waals surface area contributed by atoms with Crippen LogP contribution < -0.4 is 4.74 Å². The molecule has 1 unspecified atom stereocenters. The van der Waals surface area contributed by atoms with E-state index >= 15 is 0 Å². The van der Waals surface area contributed by atoms with Crippen LogP contribution in [0.4, 0.5) is 8.78 Å². The third-order valence-corrected chi connectivity index (χ3v) is 5.31. The van der Waals surface area contributed by atoms with Gasteiger partial charge in [-0.1, -0.05) is 18.5 Å². The molecule has 0 amide bonds. The molecular weight excluding hydrogens is 374 g/mol. The van der Waals surface area contributed by atoms with Crippen LogP contribution >= 0.6 is 11.6 Å². The van der Waals surface area contributed by atoms with Crippen LogP contribution in [0, 0.1) is 5.92 Å². The van der Waals surface area contributed by atoms with Crippen molar-refractivity contribution in [2.45, 2.75) is 45.8 Å². The molecule has 5 nitrogen and oxygen atoms in total. The fourth-order valence-electron chi connectivity index (χ4n) is 3.48. The van der Waals surface area contributed by atoms with Gasteiger partial charge in [0.05, 0.1) is 5.02 Å². The lowest BCUT2D eigenvalue weighted by molar-refractivity contribution is -0.0498. The molecule has 1 aromatic carbocycles. The molecule has 0 aliphatic heterocycles. The predicted octanol–water partition coefficient (Wildman–Crippen LogP) is 5.28. The number of aryl methyl sites for hydroxylation is 1. The number of fused-ring (bicyclic) bond motifs is 1. The van der Waals surface area contributed by atoms with Crippen LogP contribution in [-0.4, -0.2) is 26.1 Å². The van der Waals surface area contributed by atoms with Crippen molar-refractivity contribution in [1.29, 1.82) is 0 Å². The molecule has 142 valence electrons. The monoisotopic (exact) mass is 392 g/mol. The van der Waals surface area contributed by atoms with Gasteiger partial charge in [-0.2, -0.15) is 8.78 Å². The summed E-state index contributed by atoms with van der Waals surface area (Å²) in [6, 6.07) is 4.76. The summed E-state index contributed by atoms with van der Waals surface area (Å²) < 4.78 is 31.4. The maximum Gasteiger partial charge on any atom is 0.387 e. The zero-order valence-electron chi connectivity index (χ0n) is 15.0. The molecule has 8 heteroatoms. The Bertz CT molecular complexity index is 987. The first kappa shape index (κ1) is 18.1. The second kappa shape index (κ2) is 7.03. The van der Waals surface area contributed by atoms with E-state index in [0.29, 0.717) is 28.7 Å². The molecule has 4 rings (SSSR count). The third kappa shape index (κ3) is 3.36. The van der Waals surface area contributed by atoms with Crippen LogP contribution in [-0.2, 0) is 6.42 Å². The fraction of sp³-hybridized carbons (Fsp3) is 0.421. The molecule has 0 spiro atoms. The van der Waals surface area contributed by atoms with Crippen LogP contribution in [0.1, 0.15) is 38.6 Å². The first-order chi connectivity index (χ1) is 13.0. The second-order valence-electron chi connectivity index (χ2n) is 6.74. The number of imidazole rings is 1. The normalized spacial score (nSPS) is 15.5. The van der Waals surface area contributed by atoms with E-state index in [2.05, 4.69) is 33.1 Å². The Morgan fingerprint density at radius 3 is 2.70 bits per heavy atom. The fourth-order valence-corrected chi connectivity index (χ4v) is 3.74. The largest absolute Gasteiger partial charge is 0.435 e. The van der Waals surface area contributed by atoms with Crippen molar-refractivity contribution in [3.63, 3.8) is 0 Å². The average Bonchev–Trinajstić information content (AvgIpc) is 3.40. The average molecular weight is 393 g/mol. The molecule has 1 fully saturated rings. The van der Waals surface area contributed by atoms with E-state index < -0.39 is 6.61 Å². The Hall–Kier alpha value is -2.28. The topological polar surface area (TPSA) is 52.8 Å². The first-order valence-corrected chi connectivity index (χ1v) is 9.34. The number of hydrogen-bond donors (Lipinski definition) is 0. The highest BCUT2D eigenvalue weighted by Gasteiger charge is 2.32. The molecular formula is C19H19ClF2N4O. The van der Waals surface area contributed by atoms with E-state index in [1.165, 1.54) is 31.3 Å². The maximum atomic E-state index is 12.4. The van der Waals surface area contributed by atoms with Gasteiger partial charge in [-0.25, -0.2) is 15.0 Å². The van der Waals surface area contributed by atoms with Gasteiger partial charge in [-0.15, -0.1) is 0 Å². The molecule has 0 saturated heterocycles. The number of rotatable bonds is 6. The quantitative estimate of drug-likeness (QED) is 0.572. The Morgan fingerprint density at radius 1 is 1.30 bits per heavy atom. The van der Waals surface area contributed by atoms with Crippen molar-refractivity contribution in [3.8, 4) is 17.0 Å². The molecule has 2 heterocycles. The minimum Gasteiger partial charge on any atom is -0.435 e. The smallest absolute Gasteiger partial charge is 0.387 e. The van der Waals surface area contributed by atoms with Gasteiger partial charge in [-0.05, 0) is 43.9 Å². The number of alkyl halides is 2. The summed E-state index contributed by atoms with van der Waals surface area (Å²) >= 11 is 6.33. The lowest BCUT2D eigenvalue weighted by atomic mass is 10.1. The van der Waals surface area contributed by atoms with Gasteiger partial charge < -0.3 is 9.30 Å². The molecule has 1 atom stereocenters. The van der Waals surface area contributed by atoms with Gasteiger partial charge in [0.2, 0.25) is 0 Å². The SMILES string of the molecule is CCc1nc2c(-c3ccc(OC(F)F)cc3Cl)ncnc2n1C(C)C1CC1. The van der Waals surface area contributed by atoms with Gasteiger partial charge in [0, 0.05) is 18.0 Å². The van der Waals surface area contributed by atoms with Gasteiger partial charge in [0.15, 0.2) is 5.65 Å². The number of benzene rings is 1. The molecule has 1 aliphatic rings. The van der Waals surface area contributed by atoms with Crippen LogP contribution in [0.2, 0.25) is 5.02 Å². The molecule has 0 radical (unpaired) electrons. The lowest BCUT2D eigenvalue weighted by Crippen LogP contribution is -2.11. The van der Waals surface area contributed by atoms with Gasteiger partial charge in [0.1, 0.15) is 29.1 Å². The van der Waals surface area contributed by atoms with Crippen LogP contribution in [0.25, 0.3) is 22.4 Å². The highest BCUT2D eigenvalue weighted by molar-refractivity contribution is 6.33. The summed E-state index contributed by atoms with van der Waals surface area (Å²) in [5, 5.41) is 0.274. The van der Waals surface area contributed by atoms with Crippen molar-refractivity contribution in [3.05, 3.63) is 35.4 Å². The molecule has 0 bridgehead atoms. The minimum atomic E-state index is -2.90. The highest BCUT2D eigenvalue weighted by Crippen LogP contribution is 2.42. The summed E-state index contributed by atoms with van der Waals surface area (Å²) in [7, 11) is 0. The number of ether oxygens (including phenoxy) is 1. The molecule has 1 saturated carbocycles. The van der Waals surface area contributed by atoms with E-state index in [4.69, 9.17) is 16.6 Å². The summed E-state index contributed by atoms with van der Waals surface area (Å²) in [4.78, 5) is 13.6. The van der Waals surface area contributed by atoms with Crippen molar-refractivity contribution in [1.82, 2.24) is 19.5 Å². The predicted molar refractivity (Wildman–Crippen MR) is 99.2 cm³/mol. The van der Waals surface area contributed by atoms with Gasteiger partial charge in [0.25, 0.3) is 0 Å². The Morgan fingerprint density at radius 2 is 2.07 bits per heavy atom. The number of nitrogens with zero attached hydrogens (tertiary/aromatic N) is 4. The summed E-state index contributed by atoms with van der Waals surface area (Å²) in [6.45, 7) is 1.36. The molecule has 27 heavy (non-hydrogen) atoms. The summed E-state index contributed by atoms with van der Waals surface area (Å²) in [6.07, 6.45) is 4.72. The molecule has 0 N–H and O–H groups in total. The number of hydrogen-bond acceptors (Lipinski definition) is 4. The maximum absolute atomic E-state index is 12.4. The van der Waals surface area contributed by atoms with Crippen molar-refractivity contribution in [2.75, 3.05) is 0 Å². The van der Waals surface area contributed by atoms with Crippen molar-refractivity contribution >= 4 is 22.8 Å². The highest BCUT2D eigenvalue weighted by atomic mass is 35.5. The van der Waals surface area contributed by atoms with Gasteiger partial charge >= 0.3 is 6.61 Å². The Labute approximate surface area is 160 Å². The Kier molecular flexibility index (Phi) is 4.72. The minimum absolute atomic E-state index is 0.00572. The Balaban J connectivity index is 1.83. The van der Waals surface area contributed by atoms with Crippen LogP contribution in [0.5, 0.6) is 5.75 Å². The molecule has 3 aromatic rings. The lowest BCUT2D eigenvalue weighted by Gasteiger charge is -2.15. The standard InChI is InChI=1S/C19H19ClF2N4O/c1-3-15-25-17-16(13-7-6-12(8-14(13)20)27-19(21)22)23-9-24-18(17)26(15)10(2)11-4-5-11/h6-11,19H,3-5H2,1-2H3. The number of halogens is 3. The third-order valence-electron chi connectivity index (χ3n) is 5.00. The zero-order chi connectivity index (χ0) is 19.1. The van der Waals surface area contributed by atoms with Crippen molar-refractivity contribution < 1.29 is 13.5 Å². The van der Waals surface area contributed by atoms with Crippen LogP contribution in [0.3, 0.4) is 0 Å². The molecule has 1 aliphatic carbocycles. The first-order valence-electron chi connectivity index (χ1n) is 8.96. The van der Waals surface area contributed by atoms with Crippen molar-refractivity contribution in [2.24, 2.45) is 5.92 Å². The van der Waals surface area contributed by atoms with E-state index in [-0.39, 0.29) is 10.8 Å². The second-order valence-corrected chi connectivity index (χ2v) is 7.15. The summed E-state index contributed by atoms with van der Waals surface area (Å²) in [5.41, 5.74) is 2.65. The van der Waals surface area contributed by atoms with Crippen LogP contribution in [0.15, 0.2) is 24.5 Å². The van der Waals surface area contributed by atoms with Gasteiger partial charge in [-0.3, -0.25) is 0 Å². The van der Waals surface area contributed by atoms with E-state index in [1.54, 1.807) is 6.07 Å².